The highest BCUT2D eigenvalue weighted by atomic mass is 31.2. The number of unbranched alkanes of at least 4 members (excludes halogenated alkanes) is 35. The molecule has 17 nitrogen and oxygen atoms in total. The lowest BCUT2D eigenvalue weighted by Gasteiger charge is -2.21. The predicted octanol–water partition coefficient (Wildman–Crippen LogP) is 19.2. The van der Waals surface area contributed by atoms with Crippen molar-refractivity contribution >= 4 is 39.5 Å². The van der Waals surface area contributed by atoms with Gasteiger partial charge in [0.2, 0.25) is 0 Å². The molecule has 0 aromatic heterocycles. The van der Waals surface area contributed by atoms with E-state index in [1.165, 1.54) is 161 Å². The summed E-state index contributed by atoms with van der Waals surface area (Å²) >= 11 is 0. The molecule has 0 heterocycles. The predicted molar refractivity (Wildman–Crippen MR) is 349 cm³/mol. The van der Waals surface area contributed by atoms with Crippen molar-refractivity contribution in [2.45, 2.75) is 362 Å². The van der Waals surface area contributed by atoms with E-state index in [9.17, 15) is 43.2 Å². The molecule has 0 aliphatic carbocycles. The molecule has 87 heavy (non-hydrogen) atoms. The third-order valence-electron chi connectivity index (χ3n) is 16.4. The molecule has 0 aliphatic heterocycles. The first-order chi connectivity index (χ1) is 41.9. The Morgan fingerprint density at radius 1 is 0.322 bits per heavy atom. The molecular formula is C68H132O17P2. The van der Waals surface area contributed by atoms with Crippen molar-refractivity contribution in [3.05, 3.63) is 0 Å². The van der Waals surface area contributed by atoms with Gasteiger partial charge in [-0.2, -0.15) is 0 Å². The highest BCUT2D eigenvalue weighted by Gasteiger charge is 2.30. The highest BCUT2D eigenvalue weighted by Crippen LogP contribution is 2.45. The molecule has 0 bridgehead atoms. The molecule has 0 saturated carbocycles. The number of aliphatic hydroxyl groups excluding tert-OH is 1. The van der Waals surface area contributed by atoms with Crippen molar-refractivity contribution in [2.75, 3.05) is 39.6 Å². The number of hydrogen-bond donors (Lipinski definition) is 3. The van der Waals surface area contributed by atoms with Gasteiger partial charge in [0.1, 0.15) is 19.3 Å². The van der Waals surface area contributed by atoms with E-state index in [1.54, 1.807) is 0 Å². The van der Waals surface area contributed by atoms with Crippen LogP contribution in [0, 0.1) is 11.8 Å². The van der Waals surface area contributed by atoms with E-state index in [0.29, 0.717) is 25.7 Å². The maximum Gasteiger partial charge on any atom is 0.472 e. The van der Waals surface area contributed by atoms with Gasteiger partial charge in [-0.3, -0.25) is 37.3 Å². The molecule has 7 atom stereocenters. The fourth-order valence-corrected chi connectivity index (χ4v) is 11.8. The molecule has 0 saturated heterocycles. The Hall–Kier alpha value is -1.94. The minimum absolute atomic E-state index is 0.106. The lowest BCUT2D eigenvalue weighted by molar-refractivity contribution is -0.161. The summed E-state index contributed by atoms with van der Waals surface area (Å²) in [5.74, 6) is -0.546. The molecule has 0 aromatic rings. The van der Waals surface area contributed by atoms with E-state index in [0.717, 1.165) is 102 Å². The quantitative estimate of drug-likeness (QED) is 0.0222. The first kappa shape index (κ1) is 85.1. The van der Waals surface area contributed by atoms with Gasteiger partial charge in [-0.1, -0.05) is 292 Å². The molecule has 516 valence electrons. The van der Waals surface area contributed by atoms with Crippen LogP contribution in [0.5, 0.6) is 0 Å². The van der Waals surface area contributed by atoms with E-state index >= 15 is 0 Å². The van der Waals surface area contributed by atoms with Crippen LogP contribution in [-0.4, -0.2) is 96.7 Å². The summed E-state index contributed by atoms with van der Waals surface area (Å²) in [5.41, 5.74) is 0. The van der Waals surface area contributed by atoms with E-state index in [2.05, 4.69) is 41.5 Å². The van der Waals surface area contributed by atoms with E-state index in [-0.39, 0.29) is 25.7 Å². The summed E-state index contributed by atoms with van der Waals surface area (Å²) < 4.78 is 68.2. The second-order valence-corrected chi connectivity index (χ2v) is 28.0. The minimum atomic E-state index is -4.95. The third-order valence-corrected chi connectivity index (χ3v) is 18.3. The molecule has 4 unspecified atom stereocenters. The van der Waals surface area contributed by atoms with Gasteiger partial charge in [-0.25, -0.2) is 9.13 Å². The number of carbonyl (C=O) groups excluding carboxylic acids is 4. The molecule has 0 rings (SSSR count). The van der Waals surface area contributed by atoms with Gasteiger partial charge in [0.05, 0.1) is 26.4 Å². The van der Waals surface area contributed by atoms with Gasteiger partial charge >= 0.3 is 39.5 Å². The first-order valence-electron chi connectivity index (χ1n) is 35.6. The van der Waals surface area contributed by atoms with E-state index in [1.807, 2.05) is 0 Å². The Balaban J connectivity index is 5.26. The van der Waals surface area contributed by atoms with E-state index < -0.39 is 97.5 Å². The van der Waals surface area contributed by atoms with Gasteiger partial charge in [0.15, 0.2) is 12.2 Å². The number of ether oxygens (including phenoxy) is 4. The molecule has 0 fully saturated rings. The van der Waals surface area contributed by atoms with Crippen LogP contribution in [0.25, 0.3) is 0 Å². The molecule has 0 amide bonds. The van der Waals surface area contributed by atoms with E-state index in [4.69, 9.17) is 37.0 Å². The molecule has 0 spiro atoms. The largest absolute Gasteiger partial charge is 0.472 e. The Morgan fingerprint density at radius 3 is 0.816 bits per heavy atom. The number of aliphatic hydroxyl groups is 1. The van der Waals surface area contributed by atoms with Gasteiger partial charge < -0.3 is 33.8 Å². The van der Waals surface area contributed by atoms with Crippen molar-refractivity contribution in [2.24, 2.45) is 11.8 Å². The summed E-state index contributed by atoms with van der Waals surface area (Å²) in [7, 11) is -9.89. The van der Waals surface area contributed by atoms with Crippen molar-refractivity contribution in [3.63, 3.8) is 0 Å². The zero-order valence-corrected chi connectivity index (χ0v) is 58.1. The molecule has 19 heteroatoms. The number of carbonyl (C=O) groups is 4. The Morgan fingerprint density at radius 2 is 0.552 bits per heavy atom. The summed E-state index contributed by atoms with van der Waals surface area (Å²) in [6.07, 6.45) is 44.2. The standard InChI is InChI=1S/C68H132O17P2/c1-7-11-13-15-17-19-21-26-34-40-46-52-67(72)84-63(56-78-65(70)50-44-38-32-25-20-18-16-14-12-8-2)58-82-86(74,75)80-54-62(69)55-81-87(76,77)83-59-64(57-79-66(71)51-45-39-33-29-28-31-37-43-49-61(6)10-4)85-68(73)53-47-41-35-27-23-22-24-30-36-42-48-60(5)9-3/h60-64,69H,7-59H2,1-6H3,(H,74,75)(H,76,77)/t60?,61?,62-,63+,64+/m0/s1. The Kier molecular flexibility index (Phi) is 59.0. The van der Waals surface area contributed by atoms with Gasteiger partial charge in [0.25, 0.3) is 0 Å². The lowest BCUT2D eigenvalue weighted by Crippen LogP contribution is -2.30. The average Bonchev–Trinajstić information content (AvgIpc) is 3.69. The maximum absolute atomic E-state index is 13.0. The van der Waals surface area contributed by atoms with Crippen LogP contribution in [0.1, 0.15) is 343 Å². The summed E-state index contributed by atoms with van der Waals surface area (Å²) in [5, 5.41) is 10.6. The van der Waals surface area contributed by atoms with Gasteiger partial charge in [-0.05, 0) is 37.5 Å². The van der Waals surface area contributed by atoms with Crippen LogP contribution < -0.4 is 0 Å². The highest BCUT2D eigenvalue weighted by molar-refractivity contribution is 7.47. The van der Waals surface area contributed by atoms with Gasteiger partial charge in [0, 0.05) is 25.7 Å². The molecule has 0 aliphatic rings. The second-order valence-electron chi connectivity index (χ2n) is 25.0. The Labute approximate surface area is 530 Å². The zero-order valence-electron chi connectivity index (χ0n) is 56.3. The monoisotopic (exact) mass is 1280 g/mol. The maximum atomic E-state index is 13.0. The number of esters is 4. The number of rotatable bonds is 67. The van der Waals surface area contributed by atoms with Crippen LogP contribution in [0.15, 0.2) is 0 Å². The number of hydrogen-bond acceptors (Lipinski definition) is 15. The third kappa shape index (κ3) is 60.1. The van der Waals surface area contributed by atoms with Gasteiger partial charge in [-0.15, -0.1) is 0 Å². The lowest BCUT2D eigenvalue weighted by atomic mass is 9.99. The fourth-order valence-electron chi connectivity index (χ4n) is 10.2. The van der Waals surface area contributed by atoms with Crippen LogP contribution in [0.3, 0.4) is 0 Å². The zero-order chi connectivity index (χ0) is 64.3. The topological polar surface area (TPSA) is 237 Å². The Bertz CT molecular complexity index is 1700. The fraction of sp³-hybridized carbons (Fsp3) is 0.941. The van der Waals surface area contributed by atoms with Crippen LogP contribution in [0.4, 0.5) is 0 Å². The van der Waals surface area contributed by atoms with Crippen LogP contribution in [-0.2, 0) is 65.4 Å². The van der Waals surface area contributed by atoms with Crippen LogP contribution in [0.2, 0.25) is 0 Å². The van der Waals surface area contributed by atoms with Crippen molar-refractivity contribution in [1.29, 1.82) is 0 Å². The molecule has 0 radical (unpaired) electrons. The number of phosphoric ester groups is 2. The second kappa shape index (κ2) is 60.3. The minimum Gasteiger partial charge on any atom is -0.462 e. The SMILES string of the molecule is CCCCCCCCCCCCCC(=O)O[C@H](COC(=O)CCCCCCCCCCCC)COP(=O)(O)OC[C@H](O)COP(=O)(O)OC[C@@H](COC(=O)CCCCCCCCCCC(C)CC)OC(=O)CCCCCCCCCCCCC(C)CC. The summed E-state index contributed by atoms with van der Waals surface area (Å²) in [6, 6.07) is 0. The summed E-state index contributed by atoms with van der Waals surface area (Å²) in [4.78, 5) is 72.4. The van der Waals surface area contributed by atoms with Crippen molar-refractivity contribution < 1.29 is 80.2 Å². The molecular weight excluding hydrogens is 1150 g/mol. The molecule has 0 aromatic carbocycles. The first-order valence-corrected chi connectivity index (χ1v) is 38.6. The smallest absolute Gasteiger partial charge is 0.462 e. The normalized spacial score (nSPS) is 14.8. The summed E-state index contributed by atoms with van der Waals surface area (Å²) in [6.45, 7) is 9.55. The number of phosphoric acid groups is 2. The van der Waals surface area contributed by atoms with Crippen LogP contribution >= 0.6 is 15.6 Å². The molecule has 3 N–H and O–H groups in total. The van der Waals surface area contributed by atoms with Crippen molar-refractivity contribution in [1.82, 2.24) is 0 Å². The van der Waals surface area contributed by atoms with Crippen molar-refractivity contribution in [3.8, 4) is 0 Å². The average molecular weight is 1280 g/mol.